The van der Waals surface area contributed by atoms with E-state index >= 15 is 0 Å². The maximum absolute atomic E-state index is 12.3. The minimum Gasteiger partial charge on any atom is -0.496 e. The van der Waals surface area contributed by atoms with Crippen molar-refractivity contribution in [2.45, 2.75) is 44.2 Å². The van der Waals surface area contributed by atoms with Gasteiger partial charge in [-0.15, -0.1) is 12.4 Å². The monoisotopic (exact) mass is 379 g/mol. The molecule has 1 rings (SSSR count). The molecule has 1 aromatic rings. The first-order chi connectivity index (χ1) is 10.6. The molecule has 24 heavy (non-hydrogen) atoms. The molecule has 138 valence electrons. The first kappa shape index (κ1) is 22.6. The summed E-state index contributed by atoms with van der Waals surface area (Å²) in [7, 11) is -2.19. The fourth-order valence-corrected chi connectivity index (χ4v) is 3.02. The Labute approximate surface area is 149 Å². The summed E-state index contributed by atoms with van der Waals surface area (Å²) >= 11 is 0. The van der Waals surface area contributed by atoms with E-state index in [2.05, 4.69) is 10.0 Å². The van der Waals surface area contributed by atoms with Gasteiger partial charge in [-0.3, -0.25) is 4.79 Å². The van der Waals surface area contributed by atoms with E-state index < -0.39 is 15.6 Å². The SMILES string of the molecule is CCC(=O)NCc1cc(S(=O)(=O)NCC(C)(C)N)ccc1OC.Cl. The Morgan fingerprint density at radius 3 is 2.46 bits per heavy atom. The predicted octanol–water partition coefficient (Wildman–Crippen LogP) is 1.16. The number of carbonyl (C=O) groups is 1. The number of nitrogens with two attached hydrogens (primary N) is 1. The summed E-state index contributed by atoms with van der Waals surface area (Å²) in [6, 6.07) is 4.51. The van der Waals surface area contributed by atoms with E-state index in [4.69, 9.17) is 10.5 Å². The van der Waals surface area contributed by atoms with Gasteiger partial charge in [-0.05, 0) is 32.0 Å². The van der Waals surface area contributed by atoms with Crippen molar-refractivity contribution in [3.05, 3.63) is 23.8 Å². The van der Waals surface area contributed by atoms with E-state index in [9.17, 15) is 13.2 Å². The third-order valence-electron chi connectivity index (χ3n) is 3.08. The van der Waals surface area contributed by atoms with Crippen molar-refractivity contribution in [2.75, 3.05) is 13.7 Å². The van der Waals surface area contributed by atoms with Crippen LogP contribution in [-0.2, 0) is 21.4 Å². The van der Waals surface area contributed by atoms with Crippen LogP contribution in [0.1, 0.15) is 32.8 Å². The maximum Gasteiger partial charge on any atom is 0.240 e. The van der Waals surface area contributed by atoms with Gasteiger partial charge in [0.15, 0.2) is 0 Å². The minimum absolute atomic E-state index is 0. The highest BCUT2D eigenvalue weighted by Gasteiger charge is 2.20. The number of hydrogen-bond acceptors (Lipinski definition) is 5. The summed E-state index contributed by atoms with van der Waals surface area (Å²) in [5.41, 5.74) is 5.73. The van der Waals surface area contributed by atoms with Crippen LogP contribution in [-0.4, -0.2) is 33.5 Å². The van der Waals surface area contributed by atoms with E-state index in [0.717, 1.165) is 0 Å². The summed E-state index contributed by atoms with van der Waals surface area (Å²) in [6.45, 7) is 5.52. The molecular formula is C15H26ClN3O4S. The van der Waals surface area contributed by atoms with Gasteiger partial charge in [0, 0.05) is 30.6 Å². The summed E-state index contributed by atoms with van der Waals surface area (Å²) in [6.07, 6.45) is 0.355. The van der Waals surface area contributed by atoms with Gasteiger partial charge in [0.2, 0.25) is 15.9 Å². The van der Waals surface area contributed by atoms with Crippen molar-refractivity contribution in [2.24, 2.45) is 5.73 Å². The number of sulfonamides is 1. The molecule has 0 aliphatic carbocycles. The summed E-state index contributed by atoms with van der Waals surface area (Å²) in [5, 5.41) is 2.70. The van der Waals surface area contributed by atoms with Crippen LogP contribution in [0.2, 0.25) is 0 Å². The highest BCUT2D eigenvalue weighted by molar-refractivity contribution is 7.89. The molecule has 0 bridgehead atoms. The second-order valence-electron chi connectivity index (χ2n) is 5.92. The molecule has 0 aliphatic heterocycles. The topological polar surface area (TPSA) is 111 Å². The fraction of sp³-hybridized carbons (Fsp3) is 0.533. The van der Waals surface area contributed by atoms with Gasteiger partial charge >= 0.3 is 0 Å². The molecule has 0 saturated carbocycles. The lowest BCUT2D eigenvalue weighted by atomic mass is 10.1. The normalized spacial score (nSPS) is 11.5. The van der Waals surface area contributed by atoms with Crippen molar-refractivity contribution in [1.29, 1.82) is 0 Å². The zero-order valence-corrected chi connectivity index (χ0v) is 16.0. The molecule has 4 N–H and O–H groups in total. The van der Waals surface area contributed by atoms with Crippen LogP contribution in [0.15, 0.2) is 23.1 Å². The molecular weight excluding hydrogens is 354 g/mol. The quantitative estimate of drug-likeness (QED) is 0.627. The van der Waals surface area contributed by atoms with Gasteiger partial charge in [0.1, 0.15) is 5.75 Å². The molecule has 0 unspecified atom stereocenters. The Morgan fingerprint density at radius 2 is 1.96 bits per heavy atom. The molecule has 0 fully saturated rings. The fourth-order valence-electron chi connectivity index (χ4n) is 1.74. The molecule has 7 nitrogen and oxygen atoms in total. The Morgan fingerprint density at radius 1 is 1.33 bits per heavy atom. The van der Waals surface area contributed by atoms with Crippen molar-refractivity contribution in [3.63, 3.8) is 0 Å². The van der Waals surface area contributed by atoms with Crippen LogP contribution >= 0.6 is 12.4 Å². The van der Waals surface area contributed by atoms with Gasteiger partial charge in [0.05, 0.1) is 12.0 Å². The number of ether oxygens (including phenoxy) is 1. The molecule has 0 aromatic heterocycles. The average Bonchev–Trinajstić information content (AvgIpc) is 2.49. The summed E-state index contributed by atoms with van der Waals surface area (Å²) in [4.78, 5) is 11.5. The van der Waals surface area contributed by atoms with E-state index in [-0.39, 0.29) is 36.3 Å². The lowest BCUT2D eigenvalue weighted by molar-refractivity contribution is -0.120. The van der Waals surface area contributed by atoms with E-state index in [1.807, 2.05) is 0 Å². The zero-order chi connectivity index (χ0) is 17.7. The van der Waals surface area contributed by atoms with Crippen LogP contribution in [0.3, 0.4) is 0 Å². The Balaban J connectivity index is 0.00000529. The molecule has 0 radical (unpaired) electrons. The van der Waals surface area contributed by atoms with Crippen molar-refractivity contribution < 1.29 is 17.9 Å². The number of nitrogens with one attached hydrogen (secondary N) is 2. The van der Waals surface area contributed by atoms with Crippen LogP contribution < -0.4 is 20.5 Å². The lowest BCUT2D eigenvalue weighted by Gasteiger charge is -2.19. The number of hydrogen-bond donors (Lipinski definition) is 3. The van der Waals surface area contributed by atoms with E-state index in [1.165, 1.54) is 19.2 Å². The number of rotatable bonds is 8. The van der Waals surface area contributed by atoms with Crippen molar-refractivity contribution >= 4 is 28.3 Å². The molecule has 0 heterocycles. The van der Waals surface area contributed by atoms with Crippen molar-refractivity contribution in [3.8, 4) is 5.75 Å². The minimum atomic E-state index is -3.68. The van der Waals surface area contributed by atoms with Gasteiger partial charge < -0.3 is 15.8 Å². The highest BCUT2D eigenvalue weighted by Crippen LogP contribution is 2.22. The van der Waals surface area contributed by atoms with Crippen molar-refractivity contribution in [1.82, 2.24) is 10.0 Å². The molecule has 0 aliphatic rings. The third kappa shape index (κ3) is 7.04. The number of carbonyl (C=O) groups excluding carboxylic acids is 1. The standard InChI is InChI=1S/C15H25N3O4S.ClH/c1-5-14(19)17-9-11-8-12(6-7-13(11)22-4)23(20,21)18-10-15(2,3)16;/h6-8,18H,5,9-10,16H2,1-4H3,(H,17,19);1H. The van der Waals surface area contributed by atoms with E-state index in [1.54, 1.807) is 26.8 Å². The molecule has 9 heteroatoms. The van der Waals surface area contributed by atoms with Gasteiger partial charge in [-0.2, -0.15) is 0 Å². The summed E-state index contributed by atoms with van der Waals surface area (Å²) < 4.78 is 32.3. The predicted molar refractivity (Wildman–Crippen MR) is 95.8 cm³/mol. The molecule has 0 saturated heterocycles. The number of benzene rings is 1. The third-order valence-corrected chi connectivity index (χ3v) is 4.48. The number of halogens is 1. The summed E-state index contributed by atoms with van der Waals surface area (Å²) in [5.74, 6) is 0.392. The number of amides is 1. The maximum atomic E-state index is 12.3. The number of methoxy groups -OCH3 is 1. The first-order valence-electron chi connectivity index (χ1n) is 7.31. The molecule has 0 atom stereocenters. The average molecular weight is 380 g/mol. The van der Waals surface area contributed by atoms with Gasteiger partial charge in [0.25, 0.3) is 0 Å². The molecule has 1 amide bonds. The highest BCUT2D eigenvalue weighted by atomic mass is 35.5. The first-order valence-corrected chi connectivity index (χ1v) is 8.79. The molecule has 0 spiro atoms. The second kappa shape index (κ2) is 9.22. The Kier molecular flexibility index (Phi) is 8.70. The van der Waals surface area contributed by atoms with Crippen LogP contribution in [0.25, 0.3) is 0 Å². The second-order valence-corrected chi connectivity index (χ2v) is 7.68. The van der Waals surface area contributed by atoms with Crippen LogP contribution in [0.5, 0.6) is 5.75 Å². The Bertz CT molecular complexity index is 657. The van der Waals surface area contributed by atoms with Crippen LogP contribution in [0, 0.1) is 0 Å². The zero-order valence-electron chi connectivity index (χ0n) is 14.4. The van der Waals surface area contributed by atoms with Gasteiger partial charge in [-0.1, -0.05) is 6.92 Å². The smallest absolute Gasteiger partial charge is 0.240 e. The lowest BCUT2D eigenvalue weighted by Crippen LogP contribution is -2.45. The van der Waals surface area contributed by atoms with Gasteiger partial charge in [-0.25, -0.2) is 13.1 Å². The Hall–Kier alpha value is -1.35. The largest absolute Gasteiger partial charge is 0.496 e. The van der Waals surface area contributed by atoms with Crippen LogP contribution in [0.4, 0.5) is 0 Å². The van der Waals surface area contributed by atoms with E-state index in [0.29, 0.717) is 17.7 Å². The molecule has 1 aromatic carbocycles.